The van der Waals surface area contributed by atoms with Gasteiger partial charge >= 0.3 is 6.18 Å². The fourth-order valence-corrected chi connectivity index (χ4v) is 2.23. The van der Waals surface area contributed by atoms with Crippen LogP contribution in [0.2, 0.25) is 5.02 Å². The van der Waals surface area contributed by atoms with Crippen molar-refractivity contribution in [2.24, 2.45) is 5.73 Å². The molecule has 0 spiro atoms. The average Bonchev–Trinajstić information content (AvgIpc) is 2.15. The molecule has 0 radical (unpaired) electrons. The Bertz CT molecular complexity index is 497. The second-order valence-electron chi connectivity index (χ2n) is 3.64. The van der Waals surface area contributed by atoms with Crippen LogP contribution in [0.15, 0.2) is 24.3 Å². The number of hydrogen-bond acceptors (Lipinski definition) is 2. The predicted molar refractivity (Wildman–Crippen MR) is 65.0 cm³/mol. The molecule has 2 rings (SSSR count). The lowest BCUT2D eigenvalue weighted by atomic mass is 9.99. The Morgan fingerprint density at radius 3 is 2.59 bits per heavy atom. The number of rotatable bonds is 0. The van der Waals surface area contributed by atoms with E-state index in [4.69, 9.17) is 17.3 Å². The molecule has 1 aromatic rings. The van der Waals surface area contributed by atoms with Crippen LogP contribution in [0.4, 0.5) is 18.9 Å². The molecular weight excluding hydrogens is 320 g/mol. The standard InChI is InChI=1S/C10H7BrClF3N2/c11-9(16)4-7(10(13,14)15)6-3-5(12)1-2-8(6)17-9/h1-4,17H,16H2. The van der Waals surface area contributed by atoms with Crippen LogP contribution in [-0.2, 0) is 0 Å². The Morgan fingerprint density at radius 1 is 1.35 bits per heavy atom. The molecule has 1 atom stereocenters. The largest absolute Gasteiger partial charge is 0.416 e. The molecule has 0 bridgehead atoms. The van der Waals surface area contributed by atoms with Crippen LogP contribution in [-0.4, -0.2) is 10.7 Å². The summed E-state index contributed by atoms with van der Waals surface area (Å²) in [4.78, 5) is 0. The molecule has 1 aliphatic rings. The van der Waals surface area contributed by atoms with Gasteiger partial charge in [0, 0.05) is 16.3 Å². The molecule has 1 aromatic carbocycles. The average molecular weight is 328 g/mol. The Hall–Kier alpha value is -0.720. The number of nitrogens with one attached hydrogen (secondary N) is 1. The first kappa shape index (κ1) is 12.7. The number of allylic oxidation sites excluding steroid dienone is 1. The van der Waals surface area contributed by atoms with Crippen LogP contribution in [0.5, 0.6) is 0 Å². The Balaban J connectivity index is 2.64. The van der Waals surface area contributed by atoms with Crippen molar-refractivity contribution >= 4 is 38.8 Å². The van der Waals surface area contributed by atoms with Crippen molar-refractivity contribution in [2.45, 2.75) is 10.7 Å². The summed E-state index contributed by atoms with van der Waals surface area (Å²) < 4.78 is 37.2. The summed E-state index contributed by atoms with van der Waals surface area (Å²) >= 11 is 8.67. The summed E-state index contributed by atoms with van der Waals surface area (Å²) in [6, 6.07) is 4.21. The molecule has 0 amide bonds. The minimum Gasteiger partial charge on any atom is -0.355 e. The van der Waals surface area contributed by atoms with E-state index in [1.165, 1.54) is 18.2 Å². The van der Waals surface area contributed by atoms with Gasteiger partial charge in [-0.15, -0.1) is 0 Å². The fraction of sp³-hybridized carbons (Fsp3) is 0.200. The van der Waals surface area contributed by atoms with Gasteiger partial charge in [-0.3, -0.25) is 5.73 Å². The maximum absolute atomic E-state index is 12.9. The Labute approximate surface area is 109 Å². The first-order valence-corrected chi connectivity index (χ1v) is 5.72. The molecule has 1 heterocycles. The summed E-state index contributed by atoms with van der Waals surface area (Å²) in [5, 5.41) is 2.96. The molecule has 17 heavy (non-hydrogen) atoms. The first-order chi connectivity index (χ1) is 7.69. The highest BCUT2D eigenvalue weighted by Crippen LogP contribution is 2.43. The van der Waals surface area contributed by atoms with Crippen LogP contribution < -0.4 is 11.1 Å². The Morgan fingerprint density at radius 2 is 2.00 bits per heavy atom. The quantitative estimate of drug-likeness (QED) is 0.563. The monoisotopic (exact) mass is 326 g/mol. The van der Waals surface area contributed by atoms with Crippen molar-refractivity contribution in [1.29, 1.82) is 0 Å². The summed E-state index contributed by atoms with van der Waals surface area (Å²) in [6.45, 7) is 0. The second kappa shape index (κ2) is 3.90. The van der Waals surface area contributed by atoms with Gasteiger partial charge < -0.3 is 5.32 Å². The highest BCUT2D eigenvalue weighted by molar-refractivity contribution is 9.10. The molecule has 0 saturated carbocycles. The third-order valence-electron chi connectivity index (χ3n) is 2.26. The van der Waals surface area contributed by atoms with Crippen molar-refractivity contribution in [3.05, 3.63) is 34.9 Å². The molecule has 7 heteroatoms. The number of fused-ring (bicyclic) bond motifs is 1. The van der Waals surface area contributed by atoms with E-state index in [0.717, 1.165) is 6.08 Å². The molecule has 0 saturated heterocycles. The van der Waals surface area contributed by atoms with E-state index in [0.29, 0.717) is 0 Å². The zero-order valence-corrected chi connectivity index (χ0v) is 10.6. The van der Waals surface area contributed by atoms with Gasteiger partial charge in [0.1, 0.15) is 0 Å². The lowest BCUT2D eigenvalue weighted by Crippen LogP contribution is -2.42. The minimum absolute atomic E-state index is 0.00877. The van der Waals surface area contributed by atoms with Gasteiger partial charge in [0.2, 0.25) is 0 Å². The highest BCUT2D eigenvalue weighted by atomic mass is 79.9. The number of benzene rings is 1. The molecule has 0 fully saturated rings. The predicted octanol–water partition coefficient (Wildman–Crippen LogP) is 3.72. The van der Waals surface area contributed by atoms with Crippen LogP contribution in [0, 0.1) is 0 Å². The number of hydrogen-bond donors (Lipinski definition) is 2. The van der Waals surface area contributed by atoms with E-state index in [-0.39, 0.29) is 16.3 Å². The smallest absolute Gasteiger partial charge is 0.355 e. The highest BCUT2D eigenvalue weighted by Gasteiger charge is 2.41. The number of halogens is 5. The number of nitrogens with two attached hydrogens (primary N) is 1. The molecular formula is C10H7BrClF3N2. The Kier molecular flexibility index (Phi) is 2.92. The number of anilines is 1. The molecule has 1 aliphatic heterocycles. The molecule has 2 nitrogen and oxygen atoms in total. The maximum Gasteiger partial charge on any atom is 0.416 e. The van der Waals surface area contributed by atoms with Gasteiger partial charge in [0.25, 0.3) is 0 Å². The van der Waals surface area contributed by atoms with Gasteiger partial charge in [0.15, 0.2) is 4.57 Å². The van der Waals surface area contributed by atoms with Crippen molar-refractivity contribution < 1.29 is 13.2 Å². The van der Waals surface area contributed by atoms with Gasteiger partial charge in [-0.2, -0.15) is 13.2 Å². The van der Waals surface area contributed by atoms with Crippen molar-refractivity contribution in [3.63, 3.8) is 0 Å². The third-order valence-corrected chi connectivity index (χ3v) is 2.92. The van der Waals surface area contributed by atoms with Crippen LogP contribution in [0.25, 0.3) is 5.57 Å². The van der Waals surface area contributed by atoms with Crippen molar-refractivity contribution in [1.82, 2.24) is 0 Å². The van der Waals surface area contributed by atoms with Gasteiger partial charge in [-0.05, 0) is 40.2 Å². The lowest BCUT2D eigenvalue weighted by Gasteiger charge is -2.31. The van der Waals surface area contributed by atoms with E-state index < -0.39 is 16.3 Å². The molecule has 1 unspecified atom stereocenters. The van der Waals surface area contributed by atoms with Crippen molar-refractivity contribution in [3.8, 4) is 0 Å². The summed E-state index contributed by atoms with van der Waals surface area (Å²) in [5.74, 6) is 0. The summed E-state index contributed by atoms with van der Waals surface area (Å²) in [5.41, 5.74) is 5.07. The number of alkyl halides is 4. The zero-order chi connectivity index (χ0) is 12.8. The summed E-state index contributed by atoms with van der Waals surface area (Å²) in [7, 11) is 0. The van der Waals surface area contributed by atoms with Gasteiger partial charge in [0.05, 0.1) is 5.57 Å². The summed E-state index contributed by atoms with van der Waals surface area (Å²) in [6.07, 6.45) is -3.61. The van der Waals surface area contributed by atoms with E-state index >= 15 is 0 Å². The molecule has 0 aromatic heterocycles. The minimum atomic E-state index is -4.49. The molecule has 3 N–H and O–H groups in total. The maximum atomic E-state index is 12.9. The van der Waals surface area contributed by atoms with Crippen LogP contribution in [0.1, 0.15) is 5.56 Å². The zero-order valence-electron chi connectivity index (χ0n) is 8.28. The molecule has 92 valence electrons. The fourth-order valence-electron chi connectivity index (χ4n) is 1.61. The van der Waals surface area contributed by atoms with Crippen LogP contribution in [0.3, 0.4) is 0 Å². The van der Waals surface area contributed by atoms with Gasteiger partial charge in [-0.25, -0.2) is 0 Å². The van der Waals surface area contributed by atoms with E-state index in [1.54, 1.807) is 0 Å². The van der Waals surface area contributed by atoms with E-state index in [1.807, 2.05) is 0 Å². The molecule has 0 aliphatic carbocycles. The normalized spacial score (nSPS) is 23.8. The van der Waals surface area contributed by atoms with Crippen LogP contribution >= 0.6 is 27.5 Å². The van der Waals surface area contributed by atoms with E-state index in [9.17, 15) is 13.2 Å². The lowest BCUT2D eigenvalue weighted by molar-refractivity contribution is -0.0692. The SMILES string of the molecule is NC1(Br)C=C(C(F)(F)F)c2cc(Cl)ccc2N1. The second-order valence-corrected chi connectivity index (χ2v) is 5.39. The first-order valence-electron chi connectivity index (χ1n) is 4.55. The third kappa shape index (κ3) is 2.59. The topological polar surface area (TPSA) is 38.0 Å². The van der Waals surface area contributed by atoms with E-state index in [2.05, 4.69) is 21.2 Å². The van der Waals surface area contributed by atoms with Crippen molar-refractivity contribution in [2.75, 3.05) is 5.32 Å². The van der Waals surface area contributed by atoms with Gasteiger partial charge in [-0.1, -0.05) is 11.6 Å².